The van der Waals surface area contributed by atoms with Crippen molar-refractivity contribution in [3.8, 4) is 0 Å². The predicted molar refractivity (Wildman–Crippen MR) is 75.0 cm³/mol. The molecule has 3 aliphatic rings. The molecule has 0 saturated carbocycles. The van der Waals surface area contributed by atoms with Crippen LogP contribution in [-0.2, 0) is 16.6 Å². The molecule has 2 heteroatoms. The van der Waals surface area contributed by atoms with Crippen LogP contribution in [0.1, 0.15) is 43.7 Å². The molecule has 4 rings (SSSR count). The summed E-state index contributed by atoms with van der Waals surface area (Å²) in [6, 6.07) is 9.48. The molecule has 2 heterocycles. The third kappa shape index (κ3) is 1.46. The quantitative estimate of drug-likeness (QED) is 0.698. The van der Waals surface area contributed by atoms with Crippen molar-refractivity contribution in [3.63, 3.8) is 0 Å². The molecule has 0 radical (unpaired) electrons. The van der Waals surface area contributed by atoms with Crippen LogP contribution in [0.15, 0.2) is 24.3 Å². The van der Waals surface area contributed by atoms with Crippen LogP contribution < -0.4 is 0 Å². The summed E-state index contributed by atoms with van der Waals surface area (Å²) in [5.41, 5.74) is 3.39. The van der Waals surface area contributed by atoms with Crippen LogP contribution >= 0.6 is 0 Å². The van der Waals surface area contributed by atoms with Crippen molar-refractivity contribution in [1.82, 2.24) is 4.90 Å². The van der Waals surface area contributed by atoms with Crippen molar-refractivity contribution in [3.05, 3.63) is 35.4 Å². The maximum Gasteiger partial charge on any atom is 0.222 e. The summed E-state index contributed by atoms with van der Waals surface area (Å²) in [6.45, 7) is 3.40. The number of aryl methyl sites for hydroxylation is 1. The van der Waals surface area contributed by atoms with Crippen LogP contribution in [0.5, 0.6) is 0 Å². The van der Waals surface area contributed by atoms with Crippen LogP contribution in [0.4, 0.5) is 0 Å². The summed E-state index contributed by atoms with van der Waals surface area (Å²) in [5, 5.41) is 0. The molecule has 2 nitrogen and oxygen atoms in total. The number of amides is 1. The van der Waals surface area contributed by atoms with Gasteiger partial charge in [0.2, 0.25) is 5.91 Å². The minimum atomic E-state index is 0.292. The molecule has 100 valence electrons. The summed E-state index contributed by atoms with van der Waals surface area (Å²) in [4.78, 5) is 14.1. The number of fused-ring (bicyclic) bond motifs is 5. The number of hydrogen-bond acceptors (Lipinski definition) is 1. The Hall–Kier alpha value is -1.31. The molecule has 19 heavy (non-hydrogen) atoms. The van der Waals surface area contributed by atoms with E-state index in [4.69, 9.17) is 0 Å². The van der Waals surface area contributed by atoms with Gasteiger partial charge in [0.1, 0.15) is 0 Å². The first-order chi connectivity index (χ1) is 9.20. The molecule has 1 aliphatic carbocycles. The van der Waals surface area contributed by atoms with E-state index in [1.165, 1.54) is 12.8 Å². The Kier molecular flexibility index (Phi) is 2.33. The fourth-order valence-corrected chi connectivity index (χ4v) is 4.88. The van der Waals surface area contributed by atoms with Gasteiger partial charge in [-0.3, -0.25) is 4.79 Å². The normalized spacial score (nSPS) is 36.7. The van der Waals surface area contributed by atoms with Crippen LogP contribution in [0.2, 0.25) is 0 Å². The summed E-state index contributed by atoms with van der Waals surface area (Å²) < 4.78 is 0. The highest BCUT2D eigenvalue weighted by Gasteiger charge is 2.51. The smallest absolute Gasteiger partial charge is 0.222 e. The predicted octanol–water partition coefficient (Wildman–Crippen LogP) is 2.90. The van der Waals surface area contributed by atoms with E-state index >= 15 is 0 Å². The van der Waals surface area contributed by atoms with Gasteiger partial charge in [0.05, 0.1) is 0 Å². The van der Waals surface area contributed by atoms with E-state index in [1.54, 1.807) is 11.1 Å². The van der Waals surface area contributed by atoms with Gasteiger partial charge in [-0.25, -0.2) is 0 Å². The molecular formula is C17H21NO. The number of nitrogens with zero attached hydrogens (tertiary/aromatic N) is 1. The molecule has 0 unspecified atom stereocenters. The van der Waals surface area contributed by atoms with Crippen LogP contribution in [-0.4, -0.2) is 23.4 Å². The number of benzene rings is 1. The Balaban J connectivity index is 1.78. The van der Waals surface area contributed by atoms with Crippen molar-refractivity contribution in [2.24, 2.45) is 5.92 Å². The van der Waals surface area contributed by atoms with Crippen molar-refractivity contribution in [2.75, 3.05) is 6.54 Å². The van der Waals surface area contributed by atoms with Crippen LogP contribution in [0.25, 0.3) is 0 Å². The second kappa shape index (κ2) is 3.84. The lowest BCUT2D eigenvalue weighted by molar-refractivity contribution is -0.132. The van der Waals surface area contributed by atoms with E-state index in [0.29, 0.717) is 23.3 Å². The van der Waals surface area contributed by atoms with Gasteiger partial charge < -0.3 is 4.90 Å². The number of rotatable bonds is 0. The van der Waals surface area contributed by atoms with Gasteiger partial charge in [-0.05, 0) is 48.1 Å². The third-order valence-electron chi connectivity index (χ3n) is 5.89. The highest BCUT2D eigenvalue weighted by atomic mass is 16.2. The molecular weight excluding hydrogens is 234 g/mol. The average Bonchev–Trinajstić information content (AvgIpc) is 2.80. The number of piperidine rings is 1. The zero-order chi connectivity index (χ0) is 13.0. The molecule has 2 fully saturated rings. The standard InChI is InChI=1S/C17H21NO/c1-17-10-11-18-15(8-9-16(18)19)14(17)7-6-12-4-2-3-5-13(12)17/h2-5,14-15H,6-11H2,1H3/t14-,15-,17+/m0/s1. The average molecular weight is 255 g/mol. The van der Waals surface area contributed by atoms with E-state index in [9.17, 15) is 4.79 Å². The topological polar surface area (TPSA) is 20.3 Å². The van der Waals surface area contributed by atoms with E-state index in [2.05, 4.69) is 36.1 Å². The second-order valence-corrected chi connectivity index (χ2v) is 6.66. The van der Waals surface area contributed by atoms with Gasteiger partial charge in [0, 0.05) is 19.0 Å². The van der Waals surface area contributed by atoms with Gasteiger partial charge >= 0.3 is 0 Å². The van der Waals surface area contributed by atoms with Gasteiger partial charge in [0.15, 0.2) is 0 Å². The van der Waals surface area contributed by atoms with Crippen molar-refractivity contribution >= 4 is 5.91 Å². The molecule has 3 atom stereocenters. The van der Waals surface area contributed by atoms with Crippen molar-refractivity contribution in [1.29, 1.82) is 0 Å². The first kappa shape index (κ1) is 11.5. The molecule has 0 bridgehead atoms. The SMILES string of the molecule is C[C@]12CCN3C(=O)CC[C@H]3[C@@H]1CCc1ccccc12. The molecule has 0 spiro atoms. The van der Waals surface area contributed by atoms with E-state index in [-0.39, 0.29) is 0 Å². The first-order valence-electron chi connectivity index (χ1n) is 7.58. The Morgan fingerprint density at radius 1 is 1.21 bits per heavy atom. The number of carbonyl (C=O) groups is 1. The Morgan fingerprint density at radius 2 is 2.05 bits per heavy atom. The van der Waals surface area contributed by atoms with E-state index in [0.717, 1.165) is 25.8 Å². The first-order valence-corrected chi connectivity index (χ1v) is 7.58. The minimum absolute atomic E-state index is 0.292. The van der Waals surface area contributed by atoms with Gasteiger partial charge in [-0.15, -0.1) is 0 Å². The summed E-state index contributed by atoms with van der Waals surface area (Å²) in [6.07, 6.45) is 5.44. The third-order valence-corrected chi connectivity index (χ3v) is 5.89. The van der Waals surface area contributed by atoms with E-state index < -0.39 is 0 Å². The molecule has 2 aliphatic heterocycles. The zero-order valence-corrected chi connectivity index (χ0v) is 11.6. The zero-order valence-electron chi connectivity index (χ0n) is 11.6. The second-order valence-electron chi connectivity index (χ2n) is 6.66. The monoisotopic (exact) mass is 255 g/mol. The molecule has 0 aromatic heterocycles. The minimum Gasteiger partial charge on any atom is -0.339 e. The Morgan fingerprint density at radius 3 is 2.95 bits per heavy atom. The molecule has 2 saturated heterocycles. The lowest BCUT2D eigenvalue weighted by Gasteiger charge is -2.52. The summed E-state index contributed by atoms with van der Waals surface area (Å²) in [7, 11) is 0. The Bertz CT molecular complexity index is 538. The fourth-order valence-electron chi connectivity index (χ4n) is 4.88. The number of hydrogen-bond donors (Lipinski definition) is 0. The molecule has 1 aromatic rings. The molecule has 1 amide bonds. The van der Waals surface area contributed by atoms with Crippen molar-refractivity contribution in [2.45, 2.75) is 50.5 Å². The largest absolute Gasteiger partial charge is 0.339 e. The molecule has 1 aromatic carbocycles. The van der Waals surface area contributed by atoms with Gasteiger partial charge in [-0.1, -0.05) is 31.2 Å². The maximum absolute atomic E-state index is 12.0. The molecule has 0 N–H and O–H groups in total. The van der Waals surface area contributed by atoms with Crippen molar-refractivity contribution < 1.29 is 4.79 Å². The summed E-state index contributed by atoms with van der Waals surface area (Å²) in [5.74, 6) is 1.06. The highest BCUT2D eigenvalue weighted by molar-refractivity contribution is 5.79. The van der Waals surface area contributed by atoms with Crippen LogP contribution in [0, 0.1) is 5.92 Å². The Labute approximate surface area is 114 Å². The highest BCUT2D eigenvalue weighted by Crippen LogP contribution is 2.51. The van der Waals surface area contributed by atoms with Gasteiger partial charge in [-0.2, -0.15) is 0 Å². The lowest BCUT2D eigenvalue weighted by atomic mass is 9.58. The number of carbonyl (C=O) groups excluding carboxylic acids is 1. The van der Waals surface area contributed by atoms with E-state index in [1.807, 2.05) is 0 Å². The van der Waals surface area contributed by atoms with Crippen LogP contribution in [0.3, 0.4) is 0 Å². The fraction of sp³-hybridized carbons (Fsp3) is 0.588. The van der Waals surface area contributed by atoms with Gasteiger partial charge in [0.25, 0.3) is 0 Å². The maximum atomic E-state index is 12.0. The summed E-state index contributed by atoms with van der Waals surface area (Å²) >= 11 is 0. The lowest BCUT2D eigenvalue weighted by Crippen LogP contribution is -2.55.